The van der Waals surface area contributed by atoms with Crippen LogP contribution in [0.1, 0.15) is 38.5 Å². The minimum atomic E-state index is -2.15. The third-order valence-corrected chi connectivity index (χ3v) is 16.5. The van der Waals surface area contributed by atoms with E-state index in [0.717, 1.165) is 76.8 Å². The Labute approximate surface area is 226 Å². The molecule has 0 spiro atoms. The number of hydrogen-bond acceptors (Lipinski definition) is 9. The van der Waals surface area contributed by atoms with Crippen molar-refractivity contribution in [2.45, 2.75) is 62.8 Å². The molecule has 0 saturated carbocycles. The molecule has 3 aliphatic rings. The number of ether oxygens (including phenoxy) is 9. The van der Waals surface area contributed by atoms with Gasteiger partial charge in [0, 0.05) is 0 Å². The molecule has 3 rings (SSSR count). The summed E-state index contributed by atoms with van der Waals surface area (Å²) in [6, 6.07) is 0. The molecule has 37 heavy (non-hydrogen) atoms. The molecule has 9 nitrogen and oxygen atoms in total. The molecule has 0 N–H and O–H groups in total. The molecular formula is C26H52O9P2. The number of hydrogen-bond donors (Lipinski definition) is 0. The summed E-state index contributed by atoms with van der Waals surface area (Å²) in [7, 11) is 6.43. The van der Waals surface area contributed by atoms with Gasteiger partial charge in [-0.1, -0.05) is 0 Å². The Morgan fingerprint density at radius 1 is 0.622 bits per heavy atom. The van der Waals surface area contributed by atoms with Crippen molar-refractivity contribution in [3.05, 3.63) is 0 Å². The standard InChI is InChI=1S/C26H52O9P2/c1-27-10-7-19-37(20-8-11-28-2,21-9-12-29-3)25(36)26(22-30-13-4-14-31-22,23-32-15-5-16-33-23)24-34-17-6-18-35-24/h22-25,37H,4-21,36H2,1-3H3. The second-order valence-electron chi connectivity index (χ2n) is 10.4. The predicted octanol–water partition coefficient (Wildman–Crippen LogP) is 3.32. The summed E-state index contributed by atoms with van der Waals surface area (Å²) in [6.45, 7) is 6.00. The Morgan fingerprint density at radius 3 is 1.19 bits per heavy atom. The van der Waals surface area contributed by atoms with Gasteiger partial charge in [0.15, 0.2) is 0 Å². The van der Waals surface area contributed by atoms with E-state index in [1.165, 1.54) is 0 Å². The van der Waals surface area contributed by atoms with Crippen molar-refractivity contribution >= 4 is 16.5 Å². The minimum absolute atomic E-state index is 0.0693. The van der Waals surface area contributed by atoms with Crippen molar-refractivity contribution in [2.24, 2.45) is 5.41 Å². The van der Waals surface area contributed by atoms with Crippen LogP contribution in [0, 0.1) is 5.41 Å². The topological polar surface area (TPSA) is 83.1 Å². The van der Waals surface area contributed by atoms with Gasteiger partial charge in [-0.15, -0.1) is 0 Å². The molecule has 11 heteroatoms. The van der Waals surface area contributed by atoms with E-state index >= 15 is 0 Å². The van der Waals surface area contributed by atoms with E-state index in [4.69, 9.17) is 42.6 Å². The fourth-order valence-corrected chi connectivity index (χ4v) is 13.8. The number of methoxy groups -OCH3 is 3. The van der Waals surface area contributed by atoms with Crippen LogP contribution < -0.4 is 0 Å². The first-order valence-electron chi connectivity index (χ1n) is 14.1. The Bertz CT molecular complexity index is 525. The fraction of sp³-hybridized carbons (Fsp3) is 1.00. The molecule has 3 aliphatic heterocycles. The molecular weight excluding hydrogens is 518 g/mol. The summed E-state index contributed by atoms with van der Waals surface area (Å²) in [6.07, 6.45) is 7.22. The van der Waals surface area contributed by atoms with Crippen molar-refractivity contribution < 1.29 is 42.6 Å². The van der Waals surface area contributed by atoms with Crippen LogP contribution in [0.2, 0.25) is 0 Å². The van der Waals surface area contributed by atoms with Crippen LogP contribution in [0.25, 0.3) is 0 Å². The van der Waals surface area contributed by atoms with Gasteiger partial charge in [-0.3, -0.25) is 0 Å². The fourth-order valence-electron chi connectivity index (χ4n) is 6.18. The normalized spacial score (nSPS) is 22.8. The third-order valence-electron chi connectivity index (χ3n) is 7.97. The van der Waals surface area contributed by atoms with Crippen LogP contribution >= 0.6 is 16.5 Å². The first kappa shape index (κ1) is 32.0. The Kier molecular flexibility index (Phi) is 15.0. The van der Waals surface area contributed by atoms with E-state index in [1.807, 2.05) is 0 Å². The summed E-state index contributed by atoms with van der Waals surface area (Å²) < 4.78 is 55.2. The monoisotopic (exact) mass is 570 g/mol. The molecule has 2 atom stereocenters. The van der Waals surface area contributed by atoms with E-state index in [2.05, 4.69) is 9.24 Å². The van der Waals surface area contributed by atoms with Crippen LogP contribution in [0.15, 0.2) is 0 Å². The average Bonchev–Trinajstić information content (AvgIpc) is 2.95. The quantitative estimate of drug-likeness (QED) is 0.193. The van der Waals surface area contributed by atoms with Crippen molar-refractivity contribution in [3.63, 3.8) is 0 Å². The molecule has 0 radical (unpaired) electrons. The third kappa shape index (κ3) is 8.27. The molecule has 0 aromatic carbocycles. The molecule has 0 aromatic rings. The zero-order chi connectivity index (χ0) is 26.4. The summed E-state index contributed by atoms with van der Waals surface area (Å²) in [5.41, 5.74) is -0.786. The van der Waals surface area contributed by atoms with Gasteiger partial charge in [-0.2, -0.15) is 0 Å². The van der Waals surface area contributed by atoms with E-state index < -0.39 is 31.5 Å². The van der Waals surface area contributed by atoms with Crippen LogP contribution in [0.3, 0.4) is 0 Å². The van der Waals surface area contributed by atoms with Crippen LogP contribution in [-0.4, -0.2) is 124 Å². The number of rotatable bonds is 17. The molecule has 3 fully saturated rings. The molecule has 2 unspecified atom stereocenters. The summed E-state index contributed by atoms with van der Waals surface area (Å²) in [5, 5.41) is 0.0693. The summed E-state index contributed by atoms with van der Waals surface area (Å²) in [5.74, 6) is 0. The van der Waals surface area contributed by atoms with Crippen LogP contribution in [-0.2, 0) is 42.6 Å². The van der Waals surface area contributed by atoms with E-state index in [1.54, 1.807) is 21.3 Å². The van der Waals surface area contributed by atoms with E-state index in [0.29, 0.717) is 39.6 Å². The molecule has 0 bridgehead atoms. The van der Waals surface area contributed by atoms with Crippen molar-refractivity contribution in [1.82, 2.24) is 0 Å². The van der Waals surface area contributed by atoms with Crippen LogP contribution in [0.4, 0.5) is 0 Å². The Balaban J connectivity index is 2.10. The van der Waals surface area contributed by atoms with Crippen molar-refractivity contribution in [1.29, 1.82) is 0 Å². The zero-order valence-electron chi connectivity index (χ0n) is 23.3. The van der Waals surface area contributed by atoms with Gasteiger partial charge in [0.05, 0.1) is 0 Å². The summed E-state index contributed by atoms with van der Waals surface area (Å²) >= 11 is 0. The van der Waals surface area contributed by atoms with E-state index in [-0.39, 0.29) is 5.40 Å². The maximum atomic E-state index is 6.44. The van der Waals surface area contributed by atoms with Gasteiger partial charge < -0.3 is 0 Å². The van der Waals surface area contributed by atoms with Gasteiger partial charge in [0.2, 0.25) is 0 Å². The molecule has 220 valence electrons. The van der Waals surface area contributed by atoms with Crippen molar-refractivity contribution in [3.8, 4) is 0 Å². The molecule has 3 saturated heterocycles. The maximum absolute atomic E-state index is 6.44. The van der Waals surface area contributed by atoms with Gasteiger partial charge in [-0.05, 0) is 0 Å². The predicted molar refractivity (Wildman–Crippen MR) is 149 cm³/mol. The van der Waals surface area contributed by atoms with Gasteiger partial charge in [0.1, 0.15) is 0 Å². The first-order chi connectivity index (χ1) is 18.2. The zero-order valence-corrected chi connectivity index (χ0v) is 25.4. The van der Waals surface area contributed by atoms with Crippen LogP contribution in [0.5, 0.6) is 0 Å². The van der Waals surface area contributed by atoms with Crippen molar-refractivity contribution in [2.75, 3.05) is 99.3 Å². The molecule has 3 heterocycles. The second kappa shape index (κ2) is 17.3. The van der Waals surface area contributed by atoms with Gasteiger partial charge in [0.25, 0.3) is 0 Å². The summed E-state index contributed by atoms with van der Waals surface area (Å²) in [4.78, 5) is 0. The van der Waals surface area contributed by atoms with E-state index in [9.17, 15) is 0 Å². The Morgan fingerprint density at radius 2 is 0.919 bits per heavy atom. The average molecular weight is 571 g/mol. The second-order valence-corrected chi connectivity index (χ2v) is 16.6. The molecule has 0 aromatic heterocycles. The van der Waals surface area contributed by atoms with Gasteiger partial charge >= 0.3 is 227 Å². The molecule has 0 aliphatic carbocycles. The molecule has 0 amide bonds. The van der Waals surface area contributed by atoms with Gasteiger partial charge in [-0.25, -0.2) is 0 Å². The first-order valence-corrected chi connectivity index (χ1v) is 17.4. The SMILES string of the molecule is COCCC[PH](CCCOC)(CCCOC)C(P)C(C1OCCCO1)(C1OCCCO1)C1OCCCO1. The Hall–Kier alpha value is 0.500.